The van der Waals surface area contributed by atoms with Gasteiger partial charge in [0.1, 0.15) is 0 Å². The highest BCUT2D eigenvalue weighted by Gasteiger charge is 2.38. The number of likely N-dealkylation sites (tertiary alicyclic amines) is 1. The van der Waals surface area contributed by atoms with Gasteiger partial charge in [0.15, 0.2) is 0 Å². The standard InChI is InChI=1S/C9H17N3O2/c10-9(14)1-6-4-12(5-6)7-2-11-3-8(7)13/h6-8,11,13H,1-5H2,(H2,10,14). The fraction of sp³-hybridized carbons (Fsp3) is 0.889. The molecule has 0 aromatic rings. The lowest BCUT2D eigenvalue weighted by Gasteiger charge is -2.43. The van der Waals surface area contributed by atoms with E-state index >= 15 is 0 Å². The minimum atomic E-state index is -0.260. The molecule has 1 amide bonds. The first-order valence-corrected chi connectivity index (χ1v) is 5.08. The Bertz CT molecular complexity index is 228. The molecule has 80 valence electrons. The van der Waals surface area contributed by atoms with E-state index in [0.29, 0.717) is 18.9 Å². The van der Waals surface area contributed by atoms with Crippen LogP contribution in [-0.2, 0) is 4.79 Å². The molecule has 0 aliphatic carbocycles. The van der Waals surface area contributed by atoms with E-state index in [-0.39, 0.29) is 18.1 Å². The summed E-state index contributed by atoms with van der Waals surface area (Å²) in [4.78, 5) is 12.9. The van der Waals surface area contributed by atoms with Crippen LogP contribution in [0, 0.1) is 5.92 Å². The summed E-state index contributed by atoms with van der Waals surface area (Å²) in [6.45, 7) is 3.32. The maximum atomic E-state index is 10.6. The van der Waals surface area contributed by atoms with Crippen LogP contribution in [0.4, 0.5) is 0 Å². The lowest BCUT2D eigenvalue weighted by Crippen LogP contribution is -2.56. The maximum absolute atomic E-state index is 10.6. The Balaban J connectivity index is 1.74. The Kier molecular flexibility index (Phi) is 2.71. The summed E-state index contributed by atoms with van der Waals surface area (Å²) in [6.07, 6.45) is 0.219. The van der Waals surface area contributed by atoms with Crippen molar-refractivity contribution in [1.29, 1.82) is 0 Å². The van der Waals surface area contributed by atoms with E-state index in [0.717, 1.165) is 19.6 Å². The van der Waals surface area contributed by atoms with Gasteiger partial charge in [-0.1, -0.05) is 0 Å². The maximum Gasteiger partial charge on any atom is 0.217 e. The molecular weight excluding hydrogens is 182 g/mol. The summed E-state index contributed by atoms with van der Waals surface area (Å²) < 4.78 is 0. The number of nitrogens with one attached hydrogen (secondary N) is 1. The van der Waals surface area contributed by atoms with Gasteiger partial charge in [-0.2, -0.15) is 0 Å². The molecule has 4 N–H and O–H groups in total. The van der Waals surface area contributed by atoms with Gasteiger partial charge in [-0.05, 0) is 5.92 Å². The Labute approximate surface area is 83.3 Å². The second-order valence-electron chi connectivity index (χ2n) is 4.28. The van der Waals surface area contributed by atoms with Crippen LogP contribution in [0.25, 0.3) is 0 Å². The Hall–Kier alpha value is -0.650. The van der Waals surface area contributed by atoms with Crippen LogP contribution in [-0.4, -0.2) is 54.2 Å². The van der Waals surface area contributed by atoms with E-state index in [9.17, 15) is 9.90 Å². The van der Waals surface area contributed by atoms with Crippen molar-refractivity contribution >= 4 is 5.91 Å². The molecule has 0 aromatic carbocycles. The molecule has 2 aliphatic rings. The Morgan fingerprint density at radius 3 is 2.71 bits per heavy atom. The monoisotopic (exact) mass is 199 g/mol. The molecule has 2 saturated heterocycles. The van der Waals surface area contributed by atoms with E-state index in [1.807, 2.05) is 0 Å². The van der Waals surface area contributed by atoms with E-state index in [1.165, 1.54) is 0 Å². The van der Waals surface area contributed by atoms with Gasteiger partial charge >= 0.3 is 0 Å². The van der Waals surface area contributed by atoms with Crippen LogP contribution in [0.15, 0.2) is 0 Å². The molecular formula is C9H17N3O2. The number of nitrogens with zero attached hydrogens (tertiary/aromatic N) is 1. The highest BCUT2D eigenvalue weighted by Crippen LogP contribution is 2.23. The number of nitrogens with two attached hydrogens (primary N) is 1. The first kappa shape index (κ1) is 9.89. The molecule has 14 heavy (non-hydrogen) atoms. The summed E-state index contributed by atoms with van der Waals surface area (Å²) in [5.74, 6) is 0.181. The summed E-state index contributed by atoms with van der Waals surface area (Å²) in [6, 6.07) is 0.235. The van der Waals surface area contributed by atoms with Crippen molar-refractivity contribution in [3.05, 3.63) is 0 Å². The lowest BCUT2D eigenvalue weighted by atomic mass is 9.93. The van der Waals surface area contributed by atoms with Crippen molar-refractivity contribution < 1.29 is 9.90 Å². The molecule has 0 bridgehead atoms. The predicted octanol–water partition coefficient (Wildman–Crippen LogP) is -1.87. The lowest BCUT2D eigenvalue weighted by molar-refractivity contribution is -0.120. The zero-order valence-electron chi connectivity index (χ0n) is 8.15. The molecule has 2 aliphatic heterocycles. The van der Waals surface area contributed by atoms with Crippen molar-refractivity contribution in [3.63, 3.8) is 0 Å². The molecule has 2 rings (SSSR count). The third-order valence-corrected chi connectivity index (χ3v) is 3.10. The van der Waals surface area contributed by atoms with Gasteiger partial charge in [-0.3, -0.25) is 9.69 Å². The summed E-state index contributed by atoms with van der Waals surface area (Å²) in [5, 5.41) is 12.7. The van der Waals surface area contributed by atoms with E-state index in [4.69, 9.17) is 5.73 Å². The van der Waals surface area contributed by atoms with Crippen molar-refractivity contribution in [2.75, 3.05) is 26.2 Å². The number of primary amides is 1. The quantitative estimate of drug-likeness (QED) is 0.497. The third kappa shape index (κ3) is 1.89. The van der Waals surface area contributed by atoms with Gasteiger partial charge < -0.3 is 16.2 Å². The van der Waals surface area contributed by atoms with Crippen molar-refractivity contribution in [2.45, 2.75) is 18.6 Å². The number of hydrogen-bond acceptors (Lipinski definition) is 4. The molecule has 2 heterocycles. The number of carbonyl (C=O) groups excluding carboxylic acids is 1. The van der Waals surface area contributed by atoms with E-state index < -0.39 is 0 Å². The average Bonchev–Trinajstić information content (AvgIpc) is 2.42. The van der Waals surface area contributed by atoms with Gasteiger partial charge in [0.05, 0.1) is 6.10 Å². The molecule has 2 unspecified atom stereocenters. The average molecular weight is 199 g/mol. The summed E-state index contributed by atoms with van der Waals surface area (Å²) in [5.41, 5.74) is 5.11. The van der Waals surface area contributed by atoms with Crippen LogP contribution in [0.5, 0.6) is 0 Å². The van der Waals surface area contributed by atoms with Crippen molar-refractivity contribution in [3.8, 4) is 0 Å². The molecule has 0 saturated carbocycles. The van der Waals surface area contributed by atoms with Gasteiger partial charge in [-0.15, -0.1) is 0 Å². The number of β-amino-alcohol motifs (C(OH)–C–C–N with tert-alkyl or cyclic N) is 1. The second kappa shape index (κ2) is 3.84. The molecule has 0 spiro atoms. The summed E-state index contributed by atoms with van der Waals surface area (Å²) in [7, 11) is 0. The molecule has 2 fully saturated rings. The van der Waals surface area contributed by atoms with Crippen LogP contribution in [0.3, 0.4) is 0 Å². The molecule has 5 nitrogen and oxygen atoms in total. The number of amides is 1. The van der Waals surface area contributed by atoms with Gasteiger partial charge in [0, 0.05) is 38.6 Å². The fourth-order valence-corrected chi connectivity index (χ4v) is 2.32. The SMILES string of the molecule is NC(=O)CC1CN(C2CNCC2O)C1. The van der Waals surface area contributed by atoms with Crippen LogP contribution >= 0.6 is 0 Å². The number of rotatable bonds is 3. The largest absolute Gasteiger partial charge is 0.390 e. The highest BCUT2D eigenvalue weighted by atomic mass is 16.3. The minimum absolute atomic E-state index is 0.222. The van der Waals surface area contributed by atoms with Crippen LogP contribution < -0.4 is 11.1 Å². The Morgan fingerprint density at radius 2 is 2.21 bits per heavy atom. The van der Waals surface area contributed by atoms with E-state index in [1.54, 1.807) is 0 Å². The molecule has 5 heteroatoms. The molecule has 2 atom stereocenters. The number of carbonyl (C=O) groups is 1. The zero-order chi connectivity index (χ0) is 10.1. The van der Waals surface area contributed by atoms with Gasteiger partial charge in [0.25, 0.3) is 0 Å². The van der Waals surface area contributed by atoms with E-state index in [2.05, 4.69) is 10.2 Å². The van der Waals surface area contributed by atoms with Crippen LogP contribution in [0.2, 0.25) is 0 Å². The van der Waals surface area contributed by atoms with Crippen molar-refractivity contribution in [2.24, 2.45) is 11.7 Å². The zero-order valence-corrected chi connectivity index (χ0v) is 8.15. The fourth-order valence-electron chi connectivity index (χ4n) is 2.32. The first-order valence-electron chi connectivity index (χ1n) is 5.08. The topological polar surface area (TPSA) is 78.6 Å². The number of hydrogen-bond donors (Lipinski definition) is 3. The second-order valence-corrected chi connectivity index (χ2v) is 4.28. The molecule has 0 aromatic heterocycles. The van der Waals surface area contributed by atoms with Crippen molar-refractivity contribution in [1.82, 2.24) is 10.2 Å². The summed E-state index contributed by atoms with van der Waals surface area (Å²) >= 11 is 0. The smallest absolute Gasteiger partial charge is 0.217 e. The van der Waals surface area contributed by atoms with Gasteiger partial charge in [0.2, 0.25) is 5.91 Å². The first-order chi connectivity index (χ1) is 6.66. The highest BCUT2D eigenvalue weighted by molar-refractivity contribution is 5.74. The van der Waals surface area contributed by atoms with Crippen LogP contribution in [0.1, 0.15) is 6.42 Å². The molecule has 0 radical (unpaired) electrons. The Morgan fingerprint density at radius 1 is 1.50 bits per heavy atom. The third-order valence-electron chi connectivity index (χ3n) is 3.10. The normalized spacial score (nSPS) is 34.4. The van der Waals surface area contributed by atoms with Gasteiger partial charge in [-0.25, -0.2) is 0 Å². The number of aliphatic hydroxyl groups excluding tert-OH is 1. The predicted molar refractivity (Wildman–Crippen MR) is 51.5 cm³/mol. The minimum Gasteiger partial charge on any atom is -0.390 e. The number of aliphatic hydroxyl groups is 1.